The summed E-state index contributed by atoms with van der Waals surface area (Å²) in [6, 6.07) is 0. The minimum atomic E-state index is -0.593. The fraction of sp³-hybridized carbons (Fsp3) is 0.826. The first-order chi connectivity index (χ1) is 12.1. The van der Waals surface area contributed by atoms with Crippen LogP contribution in [0, 0.1) is 33.5 Å². The van der Waals surface area contributed by atoms with Crippen molar-refractivity contribution >= 4 is 11.8 Å². The summed E-state index contributed by atoms with van der Waals surface area (Å²) in [5.74, 6) is 0.537. The summed E-state index contributed by atoms with van der Waals surface area (Å²) in [4.78, 5) is 24.0. The number of fused-ring (bicyclic) bond motifs is 3. The number of carbonyl (C=O) groups excluding carboxylic acids is 1. The number of carboxylic acid groups (broad SMARTS) is 1. The average Bonchev–Trinajstić information content (AvgIpc) is 2.72. The normalized spacial score (nSPS) is 49.8. The number of hydrogen-bond acceptors (Lipinski definition) is 2. The fourth-order valence-corrected chi connectivity index (χ4v) is 8.14. The predicted molar refractivity (Wildman–Crippen MR) is 102 cm³/mol. The number of allylic oxidation sites excluding steroid dienone is 2. The van der Waals surface area contributed by atoms with Crippen LogP contribution < -0.4 is 0 Å². The lowest BCUT2D eigenvalue weighted by molar-refractivity contribution is -0.179. The Kier molecular flexibility index (Phi) is 3.83. The predicted octanol–water partition coefficient (Wildman–Crippen LogP) is 5.39. The van der Waals surface area contributed by atoms with E-state index in [1.807, 2.05) is 6.92 Å². The highest BCUT2D eigenvalue weighted by molar-refractivity contribution is 5.78. The molecule has 0 aromatic carbocycles. The Balaban J connectivity index is 1.74. The number of aliphatic carboxylic acids is 1. The minimum absolute atomic E-state index is 0.118. The second kappa shape index (κ2) is 5.45. The van der Waals surface area contributed by atoms with Crippen LogP contribution in [0.1, 0.15) is 85.5 Å². The second-order valence-corrected chi connectivity index (χ2v) is 10.8. The van der Waals surface area contributed by atoms with Gasteiger partial charge in [-0.15, -0.1) is 0 Å². The van der Waals surface area contributed by atoms with Gasteiger partial charge in [0.25, 0.3) is 0 Å². The van der Waals surface area contributed by atoms with Crippen molar-refractivity contribution in [3.05, 3.63) is 11.6 Å². The maximum absolute atomic E-state index is 12.2. The number of hydrogen-bond donors (Lipinski definition) is 1. The number of carbonyl (C=O) groups is 2. The van der Waals surface area contributed by atoms with Crippen molar-refractivity contribution < 1.29 is 14.7 Å². The Labute approximate surface area is 157 Å². The summed E-state index contributed by atoms with van der Waals surface area (Å²) in [6.45, 7) is 8.49. The van der Waals surface area contributed by atoms with Gasteiger partial charge in [-0.2, -0.15) is 0 Å². The van der Waals surface area contributed by atoms with Crippen molar-refractivity contribution in [2.24, 2.45) is 33.5 Å². The molecule has 0 aromatic heterocycles. The highest BCUT2D eigenvalue weighted by Gasteiger charge is 2.65. The van der Waals surface area contributed by atoms with Gasteiger partial charge in [-0.25, -0.2) is 0 Å². The van der Waals surface area contributed by atoms with Crippen LogP contribution in [0.2, 0.25) is 0 Å². The van der Waals surface area contributed by atoms with Crippen LogP contribution in [0.25, 0.3) is 0 Å². The van der Waals surface area contributed by atoms with E-state index >= 15 is 0 Å². The largest absolute Gasteiger partial charge is 0.481 e. The molecule has 0 radical (unpaired) electrons. The molecule has 26 heavy (non-hydrogen) atoms. The molecule has 2 bridgehead atoms. The molecule has 1 spiro atoms. The third kappa shape index (κ3) is 2.24. The Morgan fingerprint density at radius 1 is 1.08 bits per heavy atom. The number of Topliss-reactive ketones (excluding diaryl/α,β-unsaturated/α-hetero) is 1. The zero-order chi connectivity index (χ0) is 19.0. The number of rotatable bonds is 3. The van der Waals surface area contributed by atoms with Crippen LogP contribution in [0.4, 0.5) is 0 Å². The average molecular weight is 359 g/mol. The van der Waals surface area contributed by atoms with Gasteiger partial charge < -0.3 is 5.11 Å². The molecule has 3 nitrogen and oxygen atoms in total. The third-order valence-electron chi connectivity index (χ3n) is 9.23. The Hall–Kier alpha value is -1.12. The second-order valence-electron chi connectivity index (χ2n) is 10.8. The molecule has 3 saturated carbocycles. The third-order valence-corrected chi connectivity index (χ3v) is 9.23. The van der Waals surface area contributed by atoms with Crippen molar-refractivity contribution in [1.29, 1.82) is 0 Å². The van der Waals surface area contributed by atoms with E-state index in [2.05, 4.69) is 19.9 Å². The zero-order valence-corrected chi connectivity index (χ0v) is 16.9. The Morgan fingerprint density at radius 2 is 1.77 bits per heavy atom. The van der Waals surface area contributed by atoms with Crippen molar-refractivity contribution in [1.82, 2.24) is 0 Å². The van der Waals surface area contributed by atoms with E-state index in [1.54, 1.807) is 6.92 Å². The lowest BCUT2D eigenvalue weighted by Crippen LogP contribution is -2.58. The van der Waals surface area contributed by atoms with E-state index in [0.717, 1.165) is 32.1 Å². The highest BCUT2D eigenvalue weighted by atomic mass is 16.4. The maximum atomic E-state index is 12.2. The van der Waals surface area contributed by atoms with Crippen LogP contribution >= 0.6 is 0 Å². The molecule has 0 aromatic rings. The summed E-state index contributed by atoms with van der Waals surface area (Å²) in [7, 11) is 0. The van der Waals surface area contributed by atoms with Gasteiger partial charge >= 0.3 is 5.97 Å². The summed E-state index contributed by atoms with van der Waals surface area (Å²) >= 11 is 0. The van der Waals surface area contributed by atoms with E-state index in [1.165, 1.54) is 24.8 Å². The smallest absolute Gasteiger partial charge is 0.309 e. The molecule has 4 aliphatic carbocycles. The molecule has 6 atom stereocenters. The molecular weight excluding hydrogens is 324 g/mol. The molecule has 3 fully saturated rings. The van der Waals surface area contributed by atoms with Crippen LogP contribution in [0.5, 0.6) is 0 Å². The first kappa shape index (κ1) is 18.3. The van der Waals surface area contributed by atoms with Crippen LogP contribution in [0.3, 0.4) is 0 Å². The molecule has 4 aliphatic rings. The van der Waals surface area contributed by atoms with Crippen molar-refractivity contribution in [2.75, 3.05) is 0 Å². The fourth-order valence-electron chi connectivity index (χ4n) is 8.14. The molecule has 0 aliphatic heterocycles. The molecule has 4 rings (SSSR count). The monoisotopic (exact) mass is 358 g/mol. The minimum Gasteiger partial charge on any atom is -0.481 e. The van der Waals surface area contributed by atoms with Gasteiger partial charge in [0.05, 0.1) is 5.41 Å². The van der Waals surface area contributed by atoms with Gasteiger partial charge in [0.1, 0.15) is 5.78 Å². The van der Waals surface area contributed by atoms with E-state index in [-0.39, 0.29) is 27.9 Å². The Bertz CT molecular complexity index is 694. The van der Waals surface area contributed by atoms with Gasteiger partial charge in [0.2, 0.25) is 0 Å². The standard InChI is InChI=1S/C23H34O3/c1-15(24)12-16-13-23-11-7-17-21(3,8-5-9-22(17,4)19(25)26)18(23)6-10-20(16,2)14-23/h13,17-18H,5-12,14H2,1-4H3,(H,25,26)/t17-,18?,20-,21?,22+,23?/m0/s1. The van der Waals surface area contributed by atoms with Gasteiger partial charge in [-0.05, 0) is 86.9 Å². The van der Waals surface area contributed by atoms with Crippen LogP contribution in [0.15, 0.2) is 11.6 Å². The SMILES string of the molecule is CC(=O)CC1=CC23CC[C@H]4C(C)(CCC[C@@]4(C)C(=O)O)C2CC[C@@]1(C)C3. The summed E-state index contributed by atoms with van der Waals surface area (Å²) < 4.78 is 0. The van der Waals surface area contributed by atoms with Crippen molar-refractivity contribution in [3.63, 3.8) is 0 Å². The van der Waals surface area contributed by atoms with Gasteiger partial charge in [-0.3, -0.25) is 9.59 Å². The molecule has 144 valence electrons. The quantitative estimate of drug-likeness (QED) is 0.688. The molecular formula is C23H34O3. The van der Waals surface area contributed by atoms with Gasteiger partial charge in [-0.1, -0.05) is 31.9 Å². The van der Waals surface area contributed by atoms with Gasteiger partial charge in [0.15, 0.2) is 0 Å². The lowest BCUT2D eigenvalue weighted by Gasteiger charge is -2.63. The molecule has 0 heterocycles. The van der Waals surface area contributed by atoms with E-state index in [0.29, 0.717) is 12.3 Å². The topological polar surface area (TPSA) is 54.4 Å². The molecule has 0 amide bonds. The first-order valence-electron chi connectivity index (χ1n) is 10.5. The number of ketones is 1. The molecule has 0 saturated heterocycles. The number of carboxylic acids is 1. The summed E-state index contributed by atoms with van der Waals surface area (Å²) in [6.07, 6.45) is 11.8. The van der Waals surface area contributed by atoms with Crippen molar-refractivity contribution in [3.8, 4) is 0 Å². The van der Waals surface area contributed by atoms with Crippen molar-refractivity contribution in [2.45, 2.75) is 85.5 Å². The van der Waals surface area contributed by atoms with Crippen LogP contribution in [-0.2, 0) is 9.59 Å². The van der Waals surface area contributed by atoms with E-state index in [4.69, 9.17) is 0 Å². The first-order valence-corrected chi connectivity index (χ1v) is 10.5. The molecule has 1 N–H and O–H groups in total. The summed E-state index contributed by atoms with van der Waals surface area (Å²) in [5.41, 5.74) is 1.33. The van der Waals surface area contributed by atoms with Gasteiger partial charge in [0, 0.05) is 6.42 Å². The molecule has 3 heteroatoms. The Morgan fingerprint density at radius 3 is 2.42 bits per heavy atom. The zero-order valence-electron chi connectivity index (χ0n) is 16.9. The van der Waals surface area contributed by atoms with E-state index in [9.17, 15) is 14.7 Å². The maximum Gasteiger partial charge on any atom is 0.309 e. The van der Waals surface area contributed by atoms with Crippen LogP contribution in [-0.4, -0.2) is 16.9 Å². The van der Waals surface area contributed by atoms with E-state index < -0.39 is 11.4 Å². The summed E-state index contributed by atoms with van der Waals surface area (Å²) in [5, 5.41) is 10.0. The lowest BCUT2D eigenvalue weighted by atomic mass is 9.40. The highest BCUT2D eigenvalue weighted by Crippen LogP contribution is 2.73. The molecule has 3 unspecified atom stereocenters.